The molecule has 1 rings (SSSR count). The van der Waals surface area contributed by atoms with Crippen molar-refractivity contribution in [1.82, 2.24) is 0 Å². The molecule has 0 aromatic heterocycles. The first-order chi connectivity index (χ1) is 9.56. The Bertz CT molecular complexity index is 276. The highest BCUT2D eigenvalue weighted by atomic mass is 16.6. The Kier molecular flexibility index (Phi) is 8.15. The van der Waals surface area contributed by atoms with E-state index in [0.29, 0.717) is 6.42 Å². The molecule has 0 bridgehead atoms. The predicted octanol–water partition coefficient (Wildman–Crippen LogP) is 3.29. The molecule has 118 valence electrons. The van der Waals surface area contributed by atoms with Gasteiger partial charge in [-0.25, -0.2) is 4.79 Å². The van der Waals surface area contributed by atoms with Crippen LogP contribution in [0.3, 0.4) is 0 Å². The minimum absolute atomic E-state index is 0.0912. The van der Waals surface area contributed by atoms with E-state index < -0.39 is 11.8 Å². The summed E-state index contributed by atoms with van der Waals surface area (Å²) >= 11 is 0. The van der Waals surface area contributed by atoms with Crippen molar-refractivity contribution >= 4 is 5.97 Å². The van der Waals surface area contributed by atoms with Crippen LogP contribution in [-0.4, -0.2) is 28.1 Å². The second-order valence-corrected chi connectivity index (χ2v) is 6.00. The largest absolute Gasteiger partial charge is 0.458 e. The number of ether oxygens (including phenoxy) is 1. The Morgan fingerprint density at radius 2 is 1.60 bits per heavy atom. The predicted molar refractivity (Wildman–Crippen MR) is 78.1 cm³/mol. The van der Waals surface area contributed by atoms with E-state index >= 15 is 0 Å². The number of aliphatic hydroxyl groups is 2. The molecule has 0 amide bonds. The normalized spacial score (nSPS) is 21.8. The number of carbonyl (C=O) groups excluding carboxylic acids is 1. The van der Waals surface area contributed by atoms with Crippen molar-refractivity contribution < 1.29 is 19.7 Å². The number of hydrogen-bond donors (Lipinski definition) is 2. The van der Waals surface area contributed by atoms with Gasteiger partial charge in [0.25, 0.3) is 5.79 Å². The summed E-state index contributed by atoms with van der Waals surface area (Å²) in [5, 5.41) is 18.5. The number of esters is 1. The topological polar surface area (TPSA) is 66.8 Å². The third kappa shape index (κ3) is 6.71. The number of carbonyl (C=O) groups is 1. The van der Waals surface area contributed by atoms with Gasteiger partial charge in [0, 0.05) is 6.42 Å². The quantitative estimate of drug-likeness (QED) is 0.367. The summed E-state index contributed by atoms with van der Waals surface area (Å²) in [5.74, 6) is -3.14. The fourth-order valence-corrected chi connectivity index (χ4v) is 2.65. The van der Waals surface area contributed by atoms with Gasteiger partial charge >= 0.3 is 5.97 Å². The fraction of sp³-hybridized carbons (Fsp3) is 0.938. The highest BCUT2D eigenvalue weighted by Crippen LogP contribution is 2.25. The number of rotatable bonds is 10. The van der Waals surface area contributed by atoms with Crippen molar-refractivity contribution in [2.75, 3.05) is 0 Å². The first-order valence-electron chi connectivity index (χ1n) is 8.22. The molecule has 1 atom stereocenters. The van der Waals surface area contributed by atoms with Crippen LogP contribution in [0.25, 0.3) is 0 Å². The summed E-state index contributed by atoms with van der Waals surface area (Å²) in [4.78, 5) is 11.3. The van der Waals surface area contributed by atoms with Crippen LogP contribution < -0.4 is 0 Å². The lowest BCUT2D eigenvalue weighted by molar-refractivity contribution is -0.231. The zero-order valence-corrected chi connectivity index (χ0v) is 12.8. The first-order valence-corrected chi connectivity index (χ1v) is 8.22. The van der Waals surface area contributed by atoms with Crippen molar-refractivity contribution in [3.05, 3.63) is 0 Å². The second-order valence-electron chi connectivity index (χ2n) is 6.00. The molecule has 0 radical (unpaired) electrons. The van der Waals surface area contributed by atoms with Crippen LogP contribution in [0.5, 0.6) is 0 Å². The lowest BCUT2D eigenvalue weighted by Gasteiger charge is -2.30. The zero-order valence-electron chi connectivity index (χ0n) is 12.8. The second kappa shape index (κ2) is 9.35. The number of cyclic esters (lactones) is 1. The summed E-state index contributed by atoms with van der Waals surface area (Å²) in [6.45, 7) is 2.23. The van der Waals surface area contributed by atoms with Crippen LogP contribution in [0, 0.1) is 0 Å². The highest BCUT2D eigenvalue weighted by Gasteiger charge is 2.41. The maximum absolute atomic E-state index is 11.3. The zero-order chi connectivity index (χ0) is 14.8. The van der Waals surface area contributed by atoms with Crippen molar-refractivity contribution in [1.29, 1.82) is 0 Å². The van der Waals surface area contributed by atoms with E-state index in [-0.39, 0.29) is 12.5 Å². The summed E-state index contributed by atoms with van der Waals surface area (Å²) in [6.07, 6.45) is 12.8. The van der Waals surface area contributed by atoms with Crippen molar-refractivity contribution in [3.63, 3.8) is 0 Å². The maximum atomic E-state index is 11.3. The molecule has 0 spiro atoms. The molecular formula is C16H30O4. The van der Waals surface area contributed by atoms with Gasteiger partial charge in [-0.05, 0) is 19.3 Å². The molecular weight excluding hydrogens is 256 g/mol. The number of unbranched alkanes of at least 4 members (excludes halogenated alkanes) is 8. The molecule has 4 heteroatoms. The Hall–Kier alpha value is -0.610. The molecule has 1 aliphatic rings. The van der Waals surface area contributed by atoms with Crippen molar-refractivity contribution in [2.45, 2.75) is 95.9 Å². The molecule has 0 aromatic rings. The van der Waals surface area contributed by atoms with Crippen LogP contribution in [0.4, 0.5) is 0 Å². The van der Waals surface area contributed by atoms with Gasteiger partial charge in [0.1, 0.15) is 6.10 Å². The summed E-state index contributed by atoms with van der Waals surface area (Å²) in [6, 6.07) is 0. The Morgan fingerprint density at radius 1 is 1.05 bits per heavy atom. The lowest BCUT2D eigenvalue weighted by atomic mass is 9.98. The first kappa shape index (κ1) is 17.4. The van der Waals surface area contributed by atoms with E-state index in [2.05, 4.69) is 6.92 Å². The third-order valence-corrected chi connectivity index (χ3v) is 4.05. The van der Waals surface area contributed by atoms with Gasteiger partial charge in [-0.1, -0.05) is 58.3 Å². The summed E-state index contributed by atoms with van der Waals surface area (Å²) in [5.41, 5.74) is 0. The van der Waals surface area contributed by atoms with Crippen LogP contribution >= 0.6 is 0 Å². The van der Waals surface area contributed by atoms with E-state index in [1.54, 1.807) is 0 Å². The van der Waals surface area contributed by atoms with Gasteiger partial charge in [-0.3, -0.25) is 0 Å². The van der Waals surface area contributed by atoms with E-state index in [1.807, 2.05) is 0 Å². The fourth-order valence-electron chi connectivity index (χ4n) is 2.65. The molecule has 1 unspecified atom stereocenters. The van der Waals surface area contributed by atoms with Crippen LogP contribution in [-0.2, 0) is 9.53 Å². The van der Waals surface area contributed by atoms with Crippen molar-refractivity contribution in [2.24, 2.45) is 0 Å². The van der Waals surface area contributed by atoms with Gasteiger partial charge in [0.2, 0.25) is 0 Å². The molecule has 0 aliphatic carbocycles. The number of hydrogen-bond acceptors (Lipinski definition) is 4. The summed E-state index contributed by atoms with van der Waals surface area (Å²) in [7, 11) is 0. The molecule has 0 aromatic carbocycles. The average molecular weight is 286 g/mol. The molecule has 0 saturated carbocycles. The minimum Gasteiger partial charge on any atom is -0.458 e. The lowest BCUT2D eigenvalue weighted by Crippen LogP contribution is -2.46. The molecule has 1 fully saturated rings. The van der Waals surface area contributed by atoms with E-state index in [9.17, 15) is 15.0 Å². The smallest absolute Gasteiger partial charge is 0.366 e. The Balaban J connectivity index is 1.93. The minimum atomic E-state index is -2.25. The summed E-state index contributed by atoms with van der Waals surface area (Å²) < 4.78 is 5.03. The third-order valence-electron chi connectivity index (χ3n) is 4.05. The van der Waals surface area contributed by atoms with Gasteiger partial charge in [-0.15, -0.1) is 0 Å². The van der Waals surface area contributed by atoms with Gasteiger partial charge in [0.05, 0.1) is 0 Å². The van der Waals surface area contributed by atoms with Gasteiger partial charge in [0.15, 0.2) is 0 Å². The Labute approximate surface area is 122 Å². The standard InChI is InChI=1S/C16H30O4/c1-2-3-4-5-6-7-8-9-10-11-14-12-13-16(18,19)15(17)20-14/h14,18-19H,2-13H2,1H3. The average Bonchev–Trinajstić information content (AvgIpc) is 2.41. The van der Waals surface area contributed by atoms with Crippen molar-refractivity contribution in [3.8, 4) is 0 Å². The molecule has 20 heavy (non-hydrogen) atoms. The molecule has 2 N–H and O–H groups in total. The molecule has 4 nitrogen and oxygen atoms in total. The van der Waals surface area contributed by atoms with E-state index in [0.717, 1.165) is 12.8 Å². The molecule has 1 heterocycles. The maximum Gasteiger partial charge on any atom is 0.366 e. The molecule has 1 aliphatic heterocycles. The SMILES string of the molecule is CCCCCCCCCCCC1CCC(O)(O)C(=O)O1. The van der Waals surface area contributed by atoms with Crippen LogP contribution in [0.1, 0.15) is 84.0 Å². The molecule has 1 saturated heterocycles. The van der Waals surface area contributed by atoms with E-state index in [4.69, 9.17) is 4.74 Å². The van der Waals surface area contributed by atoms with Gasteiger partial charge in [-0.2, -0.15) is 0 Å². The highest BCUT2D eigenvalue weighted by molar-refractivity contribution is 5.77. The van der Waals surface area contributed by atoms with Crippen LogP contribution in [0.2, 0.25) is 0 Å². The Morgan fingerprint density at radius 3 is 2.15 bits per heavy atom. The van der Waals surface area contributed by atoms with Crippen LogP contribution in [0.15, 0.2) is 0 Å². The van der Waals surface area contributed by atoms with E-state index in [1.165, 1.54) is 51.4 Å². The van der Waals surface area contributed by atoms with Gasteiger partial charge < -0.3 is 14.9 Å². The monoisotopic (exact) mass is 286 g/mol.